The number of amides is 1. The lowest BCUT2D eigenvalue weighted by atomic mass is 9.96. The van der Waals surface area contributed by atoms with Gasteiger partial charge in [0.25, 0.3) is 5.91 Å². The van der Waals surface area contributed by atoms with Gasteiger partial charge >= 0.3 is 0 Å². The summed E-state index contributed by atoms with van der Waals surface area (Å²) in [4.78, 5) is 13.0. The molecule has 6 heteroatoms. The number of nitrogens with zero attached hydrogens (tertiary/aromatic N) is 2. The Morgan fingerprint density at radius 3 is 2.34 bits per heavy atom. The van der Waals surface area contributed by atoms with Gasteiger partial charge in [0, 0.05) is 47.3 Å². The second-order valence-electron chi connectivity index (χ2n) is 8.83. The molecule has 0 bridgehead atoms. The maximum Gasteiger partial charge on any atom is 0.252 e. The molecule has 7 rings (SSSR count). The highest BCUT2D eigenvalue weighted by Gasteiger charge is 2.36. The third-order valence-electron chi connectivity index (χ3n) is 7.09. The lowest BCUT2D eigenvalue weighted by Crippen LogP contribution is -2.31. The van der Waals surface area contributed by atoms with E-state index in [1.165, 1.54) is 0 Å². The number of aromatic nitrogens is 2. The van der Waals surface area contributed by atoms with Crippen LogP contribution < -0.4 is 5.32 Å². The summed E-state index contributed by atoms with van der Waals surface area (Å²) in [6.45, 7) is 3.26. The molecule has 1 amide bonds. The van der Waals surface area contributed by atoms with Crippen LogP contribution >= 0.6 is 0 Å². The van der Waals surface area contributed by atoms with Gasteiger partial charge in [0.1, 0.15) is 5.72 Å². The summed E-state index contributed by atoms with van der Waals surface area (Å²) in [7, 11) is 1.00. The van der Waals surface area contributed by atoms with Crippen LogP contribution in [0, 0.1) is 0 Å². The molecule has 3 aromatic carbocycles. The summed E-state index contributed by atoms with van der Waals surface area (Å²) < 4.78 is 4.49. The Bertz CT molecular complexity index is 1570. The summed E-state index contributed by atoms with van der Waals surface area (Å²) in [5.74, 6) is 0.000420. The quantitative estimate of drug-likeness (QED) is 0.346. The lowest BCUT2D eigenvalue weighted by Gasteiger charge is -2.30. The summed E-state index contributed by atoms with van der Waals surface area (Å²) in [5, 5.41) is 26.0. The smallest absolute Gasteiger partial charge is 0.252 e. The van der Waals surface area contributed by atoms with Gasteiger partial charge in [0.05, 0.1) is 22.1 Å². The number of aliphatic hydroxyl groups excluding tert-OH is 1. The van der Waals surface area contributed by atoms with Crippen molar-refractivity contribution >= 4 is 49.5 Å². The van der Waals surface area contributed by atoms with Crippen LogP contribution in [0.15, 0.2) is 48.5 Å². The highest BCUT2D eigenvalue weighted by atomic mass is 16.3. The van der Waals surface area contributed by atoms with Gasteiger partial charge in [-0.15, -0.1) is 0 Å². The summed E-state index contributed by atoms with van der Waals surface area (Å²) in [6.07, 6.45) is 1.53. The van der Waals surface area contributed by atoms with Crippen molar-refractivity contribution in [2.75, 3.05) is 7.11 Å². The van der Waals surface area contributed by atoms with Crippen molar-refractivity contribution in [3.8, 4) is 0 Å². The summed E-state index contributed by atoms with van der Waals surface area (Å²) in [6, 6.07) is 16.6. The first-order chi connectivity index (χ1) is 15.6. The van der Waals surface area contributed by atoms with E-state index in [4.69, 9.17) is 5.11 Å². The van der Waals surface area contributed by atoms with Crippen LogP contribution in [0.5, 0.6) is 0 Å². The molecule has 1 atom stereocenters. The Balaban J connectivity index is 0.000000953. The largest absolute Gasteiger partial charge is 0.400 e. The van der Waals surface area contributed by atoms with Crippen LogP contribution in [0.3, 0.4) is 0 Å². The van der Waals surface area contributed by atoms with E-state index in [0.717, 1.165) is 74.8 Å². The van der Waals surface area contributed by atoms with Crippen molar-refractivity contribution < 1.29 is 15.0 Å². The molecule has 0 saturated carbocycles. The van der Waals surface area contributed by atoms with E-state index in [1.807, 2.05) is 25.1 Å². The standard InChI is InChI=1S/C25H21N3O2.CH4O/c1-25(30)11-6-12-27-17-9-4-2-7-14(17)20-21-16(13-26-24(21)29)19-15-8-3-5-10-18(15)28(25)23(19)22(20)27;1-2/h2-5,7-10,30H,6,11-13H2,1H3,(H,26,29);2H,1H3. The first-order valence-corrected chi connectivity index (χ1v) is 11.0. The Labute approximate surface area is 184 Å². The van der Waals surface area contributed by atoms with Gasteiger partial charge in [0.2, 0.25) is 0 Å². The predicted octanol–water partition coefficient (Wildman–Crippen LogP) is 4.21. The maximum absolute atomic E-state index is 13.0. The zero-order valence-electron chi connectivity index (χ0n) is 18.1. The molecule has 6 nitrogen and oxygen atoms in total. The number of carbonyl (C=O) groups is 1. The number of hydrogen-bond donors (Lipinski definition) is 3. The molecule has 0 aliphatic carbocycles. The molecule has 0 spiro atoms. The topological polar surface area (TPSA) is 79.4 Å². The number of aryl methyl sites for hydroxylation is 1. The molecular weight excluding hydrogens is 402 g/mol. The fraction of sp³-hybridized carbons (Fsp3) is 0.269. The van der Waals surface area contributed by atoms with Crippen LogP contribution in [0.2, 0.25) is 0 Å². The molecule has 5 aromatic rings. The molecule has 3 N–H and O–H groups in total. The van der Waals surface area contributed by atoms with Crippen LogP contribution in [-0.4, -0.2) is 32.4 Å². The van der Waals surface area contributed by atoms with E-state index in [2.05, 4.69) is 44.8 Å². The molecule has 32 heavy (non-hydrogen) atoms. The predicted molar refractivity (Wildman–Crippen MR) is 127 cm³/mol. The van der Waals surface area contributed by atoms with Gasteiger partial charge in [-0.1, -0.05) is 36.4 Å². The highest BCUT2D eigenvalue weighted by molar-refractivity contribution is 6.30. The van der Waals surface area contributed by atoms with Crippen molar-refractivity contribution in [2.45, 2.75) is 38.6 Å². The molecule has 2 aromatic heterocycles. The van der Waals surface area contributed by atoms with E-state index >= 15 is 0 Å². The van der Waals surface area contributed by atoms with E-state index in [-0.39, 0.29) is 5.91 Å². The summed E-state index contributed by atoms with van der Waals surface area (Å²) >= 11 is 0. The fourth-order valence-corrected chi connectivity index (χ4v) is 5.95. The van der Waals surface area contributed by atoms with Gasteiger partial charge in [0.15, 0.2) is 0 Å². The van der Waals surface area contributed by atoms with Gasteiger partial charge < -0.3 is 24.7 Å². The minimum atomic E-state index is -1.000. The molecule has 0 fully saturated rings. The Morgan fingerprint density at radius 2 is 1.59 bits per heavy atom. The molecule has 0 radical (unpaired) electrons. The molecule has 0 saturated heterocycles. The number of carbonyl (C=O) groups excluding carboxylic acids is 1. The molecule has 4 heterocycles. The highest BCUT2D eigenvalue weighted by Crippen LogP contribution is 2.47. The number of hydrogen-bond acceptors (Lipinski definition) is 3. The normalized spacial score (nSPS) is 19.8. The van der Waals surface area contributed by atoms with E-state index in [0.29, 0.717) is 13.0 Å². The number of para-hydroxylation sites is 2. The fourth-order valence-electron chi connectivity index (χ4n) is 5.95. The van der Waals surface area contributed by atoms with E-state index < -0.39 is 5.72 Å². The van der Waals surface area contributed by atoms with Crippen LogP contribution in [0.4, 0.5) is 0 Å². The molecule has 1 unspecified atom stereocenters. The van der Waals surface area contributed by atoms with Gasteiger partial charge in [-0.05, 0) is 37.5 Å². The van der Waals surface area contributed by atoms with Crippen molar-refractivity contribution in [1.82, 2.24) is 14.5 Å². The second kappa shape index (κ2) is 6.58. The zero-order valence-corrected chi connectivity index (χ0v) is 18.1. The molecular formula is C26H25N3O3. The summed E-state index contributed by atoms with van der Waals surface area (Å²) in [5.41, 5.74) is 5.14. The zero-order chi connectivity index (χ0) is 22.2. The van der Waals surface area contributed by atoms with Gasteiger partial charge in [-0.25, -0.2) is 0 Å². The first-order valence-electron chi connectivity index (χ1n) is 11.0. The Hall–Kier alpha value is -3.35. The Morgan fingerprint density at radius 1 is 0.938 bits per heavy atom. The molecule has 2 aliphatic heterocycles. The number of aliphatic hydroxyl groups is 2. The number of fused-ring (bicyclic) bond motifs is 9. The minimum Gasteiger partial charge on any atom is -0.400 e. The van der Waals surface area contributed by atoms with Crippen molar-refractivity contribution in [3.63, 3.8) is 0 Å². The average molecular weight is 428 g/mol. The van der Waals surface area contributed by atoms with Crippen LogP contribution in [0.25, 0.3) is 43.6 Å². The molecule has 2 aliphatic rings. The van der Waals surface area contributed by atoms with Crippen LogP contribution in [0.1, 0.15) is 35.7 Å². The number of nitrogens with one attached hydrogen (secondary N) is 1. The van der Waals surface area contributed by atoms with Crippen molar-refractivity contribution in [1.29, 1.82) is 0 Å². The van der Waals surface area contributed by atoms with Crippen molar-refractivity contribution in [2.24, 2.45) is 0 Å². The molecule has 162 valence electrons. The average Bonchev–Trinajstić information content (AvgIpc) is 3.44. The van der Waals surface area contributed by atoms with Gasteiger partial charge in [-0.3, -0.25) is 4.79 Å². The third kappa shape index (κ3) is 2.23. The second-order valence-corrected chi connectivity index (χ2v) is 8.83. The lowest BCUT2D eigenvalue weighted by molar-refractivity contribution is -0.0217. The van der Waals surface area contributed by atoms with E-state index in [1.54, 1.807) is 0 Å². The SMILES string of the molecule is CC1(O)CCCn2c3ccccc3c3c4c(c5c6ccccc6n1c5c32)CNC4=O.CO. The van der Waals surface area contributed by atoms with Crippen LogP contribution in [-0.2, 0) is 18.8 Å². The van der Waals surface area contributed by atoms with E-state index in [9.17, 15) is 9.90 Å². The first kappa shape index (κ1) is 19.3. The number of rotatable bonds is 0. The monoisotopic (exact) mass is 427 g/mol. The number of benzene rings is 3. The van der Waals surface area contributed by atoms with Gasteiger partial charge in [-0.2, -0.15) is 0 Å². The van der Waals surface area contributed by atoms with Crippen molar-refractivity contribution in [3.05, 3.63) is 59.7 Å². The third-order valence-corrected chi connectivity index (χ3v) is 7.09. The Kier molecular flexibility index (Phi) is 3.97. The minimum absolute atomic E-state index is 0.000420. The maximum atomic E-state index is 13.0.